The van der Waals surface area contributed by atoms with Crippen molar-refractivity contribution in [2.45, 2.75) is 24.9 Å². The number of furan rings is 1. The van der Waals surface area contributed by atoms with E-state index in [1.54, 1.807) is 4.90 Å². The van der Waals surface area contributed by atoms with Crippen LogP contribution in [0.25, 0.3) is 0 Å². The zero-order valence-electron chi connectivity index (χ0n) is 17.8. The number of carbonyl (C=O) groups excluding carboxylic acids is 1. The molecule has 0 bridgehead atoms. The molecule has 0 aliphatic carbocycles. The Kier molecular flexibility index (Phi) is 7.90. The van der Waals surface area contributed by atoms with Gasteiger partial charge in [0.25, 0.3) is 0 Å². The third kappa shape index (κ3) is 6.09. The van der Waals surface area contributed by atoms with E-state index in [0.29, 0.717) is 17.3 Å². The molecular formula is C24H25ClN2O4S. The van der Waals surface area contributed by atoms with Crippen LogP contribution in [0.15, 0.2) is 88.7 Å². The fourth-order valence-corrected chi connectivity index (χ4v) is 4.68. The van der Waals surface area contributed by atoms with Gasteiger partial charge in [-0.2, -0.15) is 4.31 Å². The summed E-state index contributed by atoms with van der Waals surface area (Å²) in [6, 6.07) is 19.0. The molecule has 6 nitrogen and oxygen atoms in total. The second kappa shape index (κ2) is 10.6. The fourth-order valence-electron chi connectivity index (χ4n) is 3.19. The molecule has 32 heavy (non-hydrogen) atoms. The molecule has 0 fully saturated rings. The summed E-state index contributed by atoms with van der Waals surface area (Å²) in [7, 11) is -3.92. The highest BCUT2D eigenvalue weighted by atomic mass is 35.5. The van der Waals surface area contributed by atoms with Crippen molar-refractivity contribution in [3.05, 3.63) is 101 Å². The third-order valence-corrected chi connectivity index (χ3v) is 6.89. The van der Waals surface area contributed by atoms with Gasteiger partial charge in [0, 0.05) is 18.1 Å². The Morgan fingerprint density at radius 2 is 1.72 bits per heavy atom. The van der Waals surface area contributed by atoms with E-state index in [1.165, 1.54) is 30.3 Å². The second-order valence-corrected chi connectivity index (χ2v) is 9.66. The summed E-state index contributed by atoms with van der Waals surface area (Å²) in [5.74, 6) is 1.02. The quantitative estimate of drug-likeness (QED) is 0.403. The van der Waals surface area contributed by atoms with Gasteiger partial charge in [-0.15, -0.1) is 6.58 Å². The Hall–Kier alpha value is -2.87. The van der Waals surface area contributed by atoms with Crippen molar-refractivity contribution in [2.24, 2.45) is 0 Å². The van der Waals surface area contributed by atoms with Crippen LogP contribution in [0, 0.1) is 6.92 Å². The average Bonchev–Trinajstić information content (AvgIpc) is 3.18. The van der Waals surface area contributed by atoms with Crippen LogP contribution in [-0.4, -0.2) is 36.6 Å². The van der Waals surface area contributed by atoms with Crippen LogP contribution in [0.3, 0.4) is 0 Å². The minimum atomic E-state index is -3.92. The van der Waals surface area contributed by atoms with Crippen LogP contribution in [0.1, 0.15) is 17.1 Å². The minimum Gasteiger partial charge on any atom is -0.464 e. The molecule has 0 saturated heterocycles. The van der Waals surface area contributed by atoms with Crippen molar-refractivity contribution in [2.75, 3.05) is 13.1 Å². The number of aryl methyl sites for hydroxylation is 1. The Balaban J connectivity index is 1.85. The largest absolute Gasteiger partial charge is 0.464 e. The number of sulfonamides is 1. The van der Waals surface area contributed by atoms with Gasteiger partial charge in [-0.05, 0) is 48.9 Å². The van der Waals surface area contributed by atoms with E-state index in [1.807, 2.05) is 49.4 Å². The molecule has 0 saturated carbocycles. The summed E-state index contributed by atoms with van der Waals surface area (Å²) < 4.78 is 33.1. The summed E-state index contributed by atoms with van der Waals surface area (Å²) in [5.41, 5.74) is 0.931. The third-order valence-electron chi connectivity index (χ3n) is 4.81. The number of hydrogen-bond acceptors (Lipinski definition) is 4. The number of rotatable bonds is 10. The van der Waals surface area contributed by atoms with Crippen molar-refractivity contribution in [1.29, 1.82) is 0 Å². The lowest BCUT2D eigenvalue weighted by molar-refractivity contribution is -0.132. The lowest BCUT2D eigenvalue weighted by atomic mass is 10.2. The second-order valence-electron chi connectivity index (χ2n) is 7.29. The molecule has 0 aliphatic heterocycles. The first-order valence-corrected chi connectivity index (χ1v) is 11.8. The molecule has 3 rings (SSSR count). The zero-order valence-corrected chi connectivity index (χ0v) is 19.3. The van der Waals surface area contributed by atoms with Crippen LogP contribution in [-0.2, 0) is 27.9 Å². The summed E-state index contributed by atoms with van der Waals surface area (Å²) in [6.07, 6.45) is 1.46. The molecule has 168 valence electrons. The van der Waals surface area contributed by atoms with Crippen molar-refractivity contribution < 1.29 is 17.6 Å². The Morgan fingerprint density at radius 1 is 1.03 bits per heavy atom. The summed E-state index contributed by atoms with van der Waals surface area (Å²) >= 11 is 5.89. The maximum absolute atomic E-state index is 13.3. The number of hydrogen-bond donors (Lipinski definition) is 0. The Bertz CT molecular complexity index is 1160. The molecule has 0 unspecified atom stereocenters. The first kappa shape index (κ1) is 23.8. The first-order valence-electron chi connectivity index (χ1n) is 10.0. The number of halogens is 1. The van der Waals surface area contributed by atoms with E-state index >= 15 is 0 Å². The minimum absolute atomic E-state index is 0.00423. The zero-order chi connectivity index (χ0) is 23.1. The number of amides is 1. The highest BCUT2D eigenvalue weighted by Gasteiger charge is 2.28. The van der Waals surface area contributed by atoms with Gasteiger partial charge in [-0.1, -0.05) is 48.0 Å². The van der Waals surface area contributed by atoms with Crippen molar-refractivity contribution in [3.8, 4) is 0 Å². The van der Waals surface area contributed by atoms with Gasteiger partial charge in [-0.3, -0.25) is 4.79 Å². The number of benzene rings is 2. The maximum Gasteiger partial charge on any atom is 0.243 e. The molecule has 8 heteroatoms. The normalized spacial score (nSPS) is 11.5. The van der Waals surface area contributed by atoms with E-state index in [9.17, 15) is 13.2 Å². The molecule has 0 N–H and O–H groups in total. The van der Waals surface area contributed by atoms with Gasteiger partial charge < -0.3 is 9.32 Å². The monoisotopic (exact) mass is 472 g/mol. The van der Waals surface area contributed by atoms with E-state index < -0.39 is 10.0 Å². The molecule has 1 amide bonds. The van der Waals surface area contributed by atoms with Gasteiger partial charge in [0.15, 0.2) is 0 Å². The van der Waals surface area contributed by atoms with Crippen LogP contribution >= 0.6 is 11.6 Å². The van der Waals surface area contributed by atoms with Crippen molar-refractivity contribution in [1.82, 2.24) is 9.21 Å². The lowest BCUT2D eigenvalue weighted by Crippen LogP contribution is -2.42. The Morgan fingerprint density at radius 3 is 2.31 bits per heavy atom. The molecule has 0 spiro atoms. The van der Waals surface area contributed by atoms with Gasteiger partial charge in [-0.25, -0.2) is 8.42 Å². The van der Waals surface area contributed by atoms with Gasteiger partial charge in [0.2, 0.25) is 15.9 Å². The van der Waals surface area contributed by atoms with Crippen LogP contribution in [0.5, 0.6) is 0 Å². The van der Waals surface area contributed by atoms with Gasteiger partial charge >= 0.3 is 0 Å². The van der Waals surface area contributed by atoms with Crippen LogP contribution in [0.4, 0.5) is 0 Å². The lowest BCUT2D eigenvalue weighted by Gasteiger charge is -2.26. The predicted octanol–water partition coefficient (Wildman–Crippen LogP) is 4.65. The van der Waals surface area contributed by atoms with E-state index in [4.69, 9.17) is 16.0 Å². The highest BCUT2D eigenvalue weighted by Crippen LogP contribution is 2.20. The summed E-state index contributed by atoms with van der Waals surface area (Å²) in [5, 5.41) is 0.429. The molecular weight excluding hydrogens is 448 g/mol. The number of carbonyl (C=O) groups is 1. The smallest absolute Gasteiger partial charge is 0.243 e. The molecule has 0 radical (unpaired) electrons. The van der Waals surface area contributed by atoms with Crippen molar-refractivity contribution >= 4 is 27.5 Å². The maximum atomic E-state index is 13.3. The molecule has 0 atom stereocenters. The van der Waals surface area contributed by atoms with Crippen LogP contribution < -0.4 is 0 Å². The molecule has 1 aromatic heterocycles. The topological polar surface area (TPSA) is 70.8 Å². The first-order chi connectivity index (χ1) is 15.3. The SMILES string of the molecule is C=CCN(CC(=O)N(Cc1ccccc1)Cc1ccc(C)o1)S(=O)(=O)c1ccc(Cl)cc1. The standard InChI is InChI=1S/C24H25ClN2O4S/c1-3-15-27(32(29,30)23-13-10-21(25)11-14-23)18-24(28)26(16-20-7-5-4-6-8-20)17-22-12-9-19(2)31-22/h3-14H,1,15-18H2,2H3. The van der Waals surface area contributed by atoms with E-state index in [-0.39, 0.29) is 30.4 Å². The average molecular weight is 473 g/mol. The van der Waals surface area contributed by atoms with Gasteiger partial charge in [0.05, 0.1) is 18.0 Å². The molecule has 1 heterocycles. The van der Waals surface area contributed by atoms with Gasteiger partial charge in [0.1, 0.15) is 11.5 Å². The predicted molar refractivity (Wildman–Crippen MR) is 125 cm³/mol. The summed E-state index contributed by atoms with van der Waals surface area (Å²) in [6.45, 7) is 5.69. The van der Waals surface area contributed by atoms with Crippen molar-refractivity contribution in [3.63, 3.8) is 0 Å². The Labute approximate surface area is 193 Å². The number of nitrogens with zero attached hydrogens (tertiary/aromatic N) is 2. The highest BCUT2D eigenvalue weighted by molar-refractivity contribution is 7.89. The molecule has 0 aliphatic rings. The van der Waals surface area contributed by atoms with E-state index in [0.717, 1.165) is 15.6 Å². The molecule has 2 aromatic carbocycles. The van der Waals surface area contributed by atoms with E-state index in [2.05, 4.69) is 6.58 Å². The summed E-state index contributed by atoms with van der Waals surface area (Å²) in [4.78, 5) is 14.9. The van der Waals surface area contributed by atoms with Crippen LogP contribution in [0.2, 0.25) is 5.02 Å². The molecule has 3 aromatic rings. The fraction of sp³-hybridized carbons (Fsp3) is 0.208.